The molecule has 1 aliphatic heterocycles. The van der Waals surface area contributed by atoms with E-state index in [1.165, 1.54) is 50.6 Å². The van der Waals surface area contributed by atoms with Crippen LogP contribution in [-0.4, -0.2) is 12.6 Å². The van der Waals surface area contributed by atoms with Crippen molar-refractivity contribution in [3.8, 4) is 0 Å². The van der Waals surface area contributed by atoms with Crippen molar-refractivity contribution in [2.24, 2.45) is 0 Å². The normalized spacial score (nSPS) is 28.1. The zero-order valence-corrected chi connectivity index (χ0v) is 10.8. The quantitative estimate of drug-likeness (QED) is 0.817. The average molecular weight is 229 g/mol. The molecule has 3 rings (SSSR count). The van der Waals surface area contributed by atoms with Crippen LogP contribution in [0.2, 0.25) is 0 Å². The van der Waals surface area contributed by atoms with Gasteiger partial charge in [0.1, 0.15) is 0 Å². The summed E-state index contributed by atoms with van der Waals surface area (Å²) < 4.78 is 0. The van der Waals surface area contributed by atoms with Crippen LogP contribution in [0.3, 0.4) is 0 Å². The summed E-state index contributed by atoms with van der Waals surface area (Å²) in [6.07, 6.45) is 8.19. The monoisotopic (exact) mass is 229 g/mol. The maximum Gasteiger partial charge on any atom is 0.00733 e. The second kappa shape index (κ2) is 4.81. The van der Waals surface area contributed by atoms with Crippen molar-refractivity contribution < 1.29 is 0 Å². The number of aryl methyl sites for hydroxylation is 2. The highest BCUT2D eigenvalue weighted by Crippen LogP contribution is 2.36. The molecule has 2 atom stereocenters. The number of fused-ring (bicyclic) bond motifs is 1. The minimum Gasteiger partial charge on any atom is -0.314 e. The van der Waals surface area contributed by atoms with Crippen LogP contribution in [0.5, 0.6) is 0 Å². The van der Waals surface area contributed by atoms with Crippen molar-refractivity contribution in [1.29, 1.82) is 0 Å². The minimum absolute atomic E-state index is 0.784. The molecule has 0 amide bonds. The standard InChI is InChI=1S/C16H23N/c1-12-7-8-16-13(10-12)4-2-5-14(16)11-15-6-3-9-17-15/h7-8,10,14-15,17H,2-6,9,11H2,1H3. The molecule has 0 aromatic heterocycles. The molecule has 1 aromatic carbocycles. The van der Waals surface area contributed by atoms with Crippen LogP contribution in [0.4, 0.5) is 0 Å². The Morgan fingerprint density at radius 1 is 1.24 bits per heavy atom. The average Bonchev–Trinajstić information content (AvgIpc) is 2.82. The van der Waals surface area contributed by atoms with Crippen LogP contribution in [0.25, 0.3) is 0 Å². The first-order valence-electron chi connectivity index (χ1n) is 7.16. The zero-order chi connectivity index (χ0) is 11.7. The summed E-state index contributed by atoms with van der Waals surface area (Å²) in [5, 5.41) is 3.65. The SMILES string of the molecule is Cc1ccc2c(c1)CCCC2CC1CCCN1. The molecule has 17 heavy (non-hydrogen) atoms. The molecular formula is C16H23N. The van der Waals surface area contributed by atoms with Gasteiger partial charge in [-0.25, -0.2) is 0 Å². The van der Waals surface area contributed by atoms with E-state index in [0.717, 1.165) is 12.0 Å². The zero-order valence-electron chi connectivity index (χ0n) is 10.8. The molecule has 1 aliphatic carbocycles. The third-order valence-electron chi connectivity index (χ3n) is 4.47. The first-order chi connectivity index (χ1) is 8.33. The van der Waals surface area contributed by atoms with Crippen LogP contribution in [0, 0.1) is 6.92 Å². The number of hydrogen-bond donors (Lipinski definition) is 1. The number of hydrogen-bond acceptors (Lipinski definition) is 1. The van der Waals surface area contributed by atoms with Gasteiger partial charge >= 0.3 is 0 Å². The molecule has 1 N–H and O–H groups in total. The van der Waals surface area contributed by atoms with Gasteiger partial charge in [0.05, 0.1) is 0 Å². The lowest BCUT2D eigenvalue weighted by Gasteiger charge is -2.28. The number of rotatable bonds is 2. The van der Waals surface area contributed by atoms with Crippen molar-refractivity contribution in [3.63, 3.8) is 0 Å². The lowest BCUT2D eigenvalue weighted by Crippen LogP contribution is -2.25. The lowest BCUT2D eigenvalue weighted by molar-refractivity contribution is 0.445. The topological polar surface area (TPSA) is 12.0 Å². The molecule has 1 heterocycles. The summed E-state index contributed by atoms with van der Waals surface area (Å²) in [6, 6.07) is 7.87. The van der Waals surface area contributed by atoms with Gasteiger partial charge in [-0.3, -0.25) is 0 Å². The summed E-state index contributed by atoms with van der Waals surface area (Å²) in [6.45, 7) is 3.44. The van der Waals surface area contributed by atoms with E-state index in [4.69, 9.17) is 0 Å². The first kappa shape index (κ1) is 11.3. The van der Waals surface area contributed by atoms with Gasteiger partial charge < -0.3 is 5.32 Å². The Morgan fingerprint density at radius 3 is 3.00 bits per heavy atom. The van der Waals surface area contributed by atoms with Gasteiger partial charge in [0.25, 0.3) is 0 Å². The van der Waals surface area contributed by atoms with Gasteiger partial charge in [0.2, 0.25) is 0 Å². The Balaban J connectivity index is 1.78. The summed E-state index contributed by atoms with van der Waals surface area (Å²) in [5.74, 6) is 0.815. The van der Waals surface area contributed by atoms with Gasteiger partial charge in [-0.05, 0) is 69.0 Å². The molecule has 1 saturated heterocycles. The van der Waals surface area contributed by atoms with Gasteiger partial charge in [-0.15, -0.1) is 0 Å². The van der Waals surface area contributed by atoms with E-state index in [2.05, 4.69) is 30.4 Å². The molecule has 0 bridgehead atoms. The molecule has 0 radical (unpaired) electrons. The Bertz CT molecular complexity index is 391. The fourth-order valence-corrected chi connectivity index (χ4v) is 3.59. The smallest absolute Gasteiger partial charge is 0.00733 e. The van der Waals surface area contributed by atoms with Crippen LogP contribution >= 0.6 is 0 Å². The molecule has 92 valence electrons. The summed E-state index contributed by atoms with van der Waals surface area (Å²) in [5.41, 5.74) is 4.69. The Kier molecular flexibility index (Phi) is 3.19. The molecule has 0 saturated carbocycles. The van der Waals surface area contributed by atoms with Gasteiger partial charge in [-0.2, -0.15) is 0 Å². The maximum atomic E-state index is 3.65. The minimum atomic E-state index is 0.784. The Morgan fingerprint density at radius 2 is 2.18 bits per heavy atom. The molecule has 1 nitrogen and oxygen atoms in total. The molecule has 0 spiro atoms. The fourth-order valence-electron chi connectivity index (χ4n) is 3.59. The Labute approximate surface area is 105 Å². The molecule has 1 fully saturated rings. The second-order valence-electron chi connectivity index (χ2n) is 5.82. The van der Waals surface area contributed by atoms with Crippen LogP contribution in [0.1, 0.15) is 54.7 Å². The first-order valence-corrected chi connectivity index (χ1v) is 7.16. The maximum absolute atomic E-state index is 3.65. The van der Waals surface area contributed by atoms with Crippen molar-refractivity contribution in [3.05, 3.63) is 34.9 Å². The predicted molar refractivity (Wildman–Crippen MR) is 72.5 cm³/mol. The van der Waals surface area contributed by atoms with Crippen molar-refractivity contribution >= 4 is 0 Å². The van der Waals surface area contributed by atoms with E-state index in [-0.39, 0.29) is 0 Å². The Hall–Kier alpha value is -0.820. The number of nitrogens with one attached hydrogen (secondary N) is 1. The molecule has 1 aromatic rings. The summed E-state index contributed by atoms with van der Waals surface area (Å²) in [7, 11) is 0. The van der Waals surface area contributed by atoms with Gasteiger partial charge in [0.15, 0.2) is 0 Å². The highest BCUT2D eigenvalue weighted by Gasteiger charge is 2.24. The van der Waals surface area contributed by atoms with Crippen LogP contribution < -0.4 is 5.32 Å². The summed E-state index contributed by atoms with van der Waals surface area (Å²) >= 11 is 0. The number of benzene rings is 1. The third kappa shape index (κ3) is 2.40. The van der Waals surface area contributed by atoms with E-state index in [0.29, 0.717) is 0 Å². The molecule has 2 aliphatic rings. The fraction of sp³-hybridized carbons (Fsp3) is 0.625. The molecule has 1 heteroatoms. The third-order valence-corrected chi connectivity index (χ3v) is 4.47. The van der Waals surface area contributed by atoms with Crippen molar-refractivity contribution in [1.82, 2.24) is 5.32 Å². The molecular weight excluding hydrogens is 206 g/mol. The van der Waals surface area contributed by atoms with E-state index >= 15 is 0 Å². The molecule has 2 unspecified atom stereocenters. The van der Waals surface area contributed by atoms with E-state index < -0.39 is 0 Å². The summed E-state index contributed by atoms with van der Waals surface area (Å²) in [4.78, 5) is 0. The van der Waals surface area contributed by atoms with Crippen molar-refractivity contribution in [2.45, 2.75) is 57.4 Å². The predicted octanol–water partition coefficient (Wildman–Crippen LogP) is 3.56. The highest BCUT2D eigenvalue weighted by atomic mass is 14.9. The largest absolute Gasteiger partial charge is 0.314 e. The van der Waals surface area contributed by atoms with E-state index in [9.17, 15) is 0 Å². The van der Waals surface area contributed by atoms with E-state index in [1.54, 1.807) is 11.1 Å². The van der Waals surface area contributed by atoms with Crippen molar-refractivity contribution in [2.75, 3.05) is 6.54 Å². The van der Waals surface area contributed by atoms with E-state index in [1.807, 2.05) is 0 Å². The second-order valence-corrected chi connectivity index (χ2v) is 5.82. The lowest BCUT2D eigenvalue weighted by atomic mass is 9.79. The highest BCUT2D eigenvalue weighted by molar-refractivity contribution is 5.36. The van der Waals surface area contributed by atoms with Crippen LogP contribution in [0.15, 0.2) is 18.2 Å². The van der Waals surface area contributed by atoms with Gasteiger partial charge in [0, 0.05) is 6.04 Å². The van der Waals surface area contributed by atoms with Gasteiger partial charge in [-0.1, -0.05) is 23.8 Å². The van der Waals surface area contributed by atoms with Crippen LogP contribution in [-0.2, 0) is 6.42 Å².